The lowest BCUT2D eigenvalue weighted by molar-refractivity contribution is 0.700. The number of halogens is 1. The summed E-state index contributed by atoms with van der Waals surface area (Å²) in [6.45, 7) is 2.02. The van der Waals surface area contributed by atoms with Gasteiger partial charge in [0.15, 0.2) is 0 Å². The number of benzene rings is 1. The fraction of sp³-hybridized carbons (Fsp3) is 0.462. The molecule has 0 radical (unpaired) electrons. The lowest BCUT2D eigenvalue weighted by atomic mass is 10.2. The van der Waals surface area contributed by atoms with Gasteiger partial charge in [-0.1, -0.05) is 30.5 Å². The van der Waals surface area contributed by atoms with Crippen molar-refractivity contribution < 1.29 is 0 Å². The van der Waals surface area contributed by atoms with Gasteiger partial charge >= 0.3 is 0 Å². The maximum atomic E-state index is 5.98. The molecule has 4 N–H and O–H groups in total. The third-order valence-electron chi connectivity index (χ3n) is 3.23. The van der Waals surface area contributed by atoms with Crippen LogP contribution in [0.2, 0.25) is 5.02 Å². The first-order valence-electron chi connectivity index (χ1n) is 6.26. The van der Waals surface area contributed by atoms with Crippen LogP contribution in [0.25, 0.3) is 0 Å². The molecule has 0 aromatic heterocycles. The fourth-order valence-corrected chi connectivity index (χ4v) is 2.35. The Kier molecular flexibility index (Phi) is 4.44. The standard InChI is InChI=1S/C13H19ClN4/c1-9-6-7-10(14)8-12(9)17-13(18-15)16-11-4-2-3-5-11/h6-8,11H,2-5,15H2,1H3,(H2,16,17,18). The van der Waals surface area contributed by atoms with Crippen molar-refractivity contribution in [3.8, 4) is 0 Å². The van der Waals surface area contributed by atoms with Gasteiger partial charge in [-0.05, 0) is 37.5 Å². The molecule has 1 saturated carbocycles. The van der Waals surface area contributed by atoms with Gasteiger partial charge in [-0.2, -0.15) is 0 Å². The summed E-state index contributed by atoms with van der Waals surface area (Å²) in [7, 11) is 0. The largest absolute Gasteiger partial charge is 0.325 e. The fourth-order valence-electron chi connectivity index (χ4n) is 2.18. The minimum absolute atomic E-state index is 0.378. The van der Waals surface area contributed by atoms with Crippen molar-refractivity contribution in [2.24, 2.45) is 10.8 Å². The second-order valence-electron chi connectivity index (χ2n) is 4.64. The first kappa shape index (κ1) is 13.2. The van der Waals surface area contributed by atoms with E-state index >= 15 is 0 Å². The van der Waals surface area contributed by atoms with Crippen LogP contribution in [0, 0.1) is 6.92 Å². The molecule has 1 aromatic carbocycles. The van der Waals surface area contributed by atoms with E-state index < -0.39 is 0 Å². The monoisotopic (exact) mass is 266 g/mol. The first-order valence-corrected chi connectivity index (χ1v) is 6.64. The Morgan fingerprint density at radius 3 is 2.78 bits per heavy atom. The molecule has 5 heteroatoms. The Balaban J connectivity index is 2.11. The van der Waals surface area contributed by atoms with E-state index in [1.807, 2.05) is 25.1 Å². The molecule has 18 heavy (non-hydrogen) atoms. The second kappa shape index (κ2) is 6.07. The van der Waals surface area contributed by atoms with Crippen molar-refractivity contribution in [2.75, 3.05) is 5.32 Å². The van der Waals surface area contributed by atoms with E-state index in [-0.39, 0.29) is 0 Å². The van der Waals surface area contributed by atoms with Crippen LogP contribution in [0.3, 0.4) is 0 Å². The van der Waals surface area contributed by atoms with Crippen LogP contribution in [0.15, 0.2) is 23.2 Å². The number of aryl methyl sites for hydroxylation is 1. The second-order valence-corrected chi connectivity index (χ2v) is 5.08. The lowest BCUT2D eigenvalue weighted by Gasteiger charge is -2.13. The summed E-state index contributed by atoms with van der Waals surface area (Å²) in [4.78, 5) is 4.59. The quantitative estimate of drug-likeness (QED) is 0.334. The van der Waals surface area contributed by atoms with Gasteiger partial charge in [-0.15, -0.1) is 0 Å². The Morgan fingerprint density at radius 2 is 2.11 bits per heavy atom. The van der Waals surface area contributed by atoms with Crippen LogP contribution >= 0.6 is 11.6 Å². The van der Waals surface area contributed by atoms with Crippen molar-refractivity contribution >= 4 is 23.2 Å². The molecule has 1 aliphatic rings. The molecule has 1 aliphatic carbocycles. The normalized spacial score (nSPS) is 16.9. The third-order valence-corrected chi connectivity index (χ3v) is 3.46. The highest BCUT2D eigenvalue weighted by molar-refractivity contribution is 6.31. The van der Waals surface area contributed by atoms with Crippen LogP contribution in [0.4, 0.5) is 5.69 Å². The van der Waals surface area contributed by atoms with Crippen molar-refractivity contribution in [1.29, 1.82) is 0 Å². The van der Waals surface area contributed by atoms with Crippen LogP contribution < -0.4 is 16.6 Å². The Labute approximate surface area is 113 Å². The van der Waals surface area contributed by atoms with Crippen molar-refractivity contribution in [1.82, 2.24) is 5.43 Å². The van der Waals surface area contributed by atoms with E-state index in [4.69, 9.17) is 17.4 Å². The topological polar surface area (TPSA) is 62.4 Å². The number of hydrazine groups is 1. The predicted octanol–water partition coefficient (Wildman–Crippen LogP) is 2.82. The molecule has 0 saturated heterocycles. The number of hydrogen-bond acceptors (Lipinski definition) is 2. The average molecular weight is 267 g/mol. The maximum Gasteiger partial charge on any atom is 0.210 e. The molecule has 4 nitrogen and oxygen atoms in total. The van der Waals surface area contributed by atoms with Crippen molar-refractivity contribution in [3.63, 3.8) is 0 Å². The molecular weight excluding hydrogens is 248 g/mol. The van der Waals surface area contributed by atoms with E-state index in [0.29, 0.717) is 17.0 Å². The zero-order chi connectivity index (χ0) is 13.0. The summed E-state index contributed by atoms with van der Waals surface area (Å²) >= 11 is 5.98. The van der Waals surface area contributed by atoms with E-state index in [1.54, 1.807) is 0 Å². The van der Waals surface area contributed by atoms with Crippen molar-refractivity contribution in [2.45, 2.75) is 38.6 Å². The number of rotatable bonds is 2. The Bertz CT molecular complexity index is 439. The highest BCUT2D eigenvalue weighted by Crippen LogP contribution is 2.22. The number of nitrogens with two attached hydrogens (primary N) is 1. The number of nitrogens with zero attached hydrogens (tertiary/aromatic N) is 1. The minimum atomic E-state index is 0.378. The molecule has 98 valence electrons. The molecule has 0 amide bonds. The van der Waals surface area contributed by atoms with E-state index in [1.165, 1.54) is 12.8 Å². The Morgan fingerprint density at radius 1 is 1.39 bits per heavy atom. The molecule has 1 fully saturated rings. The number of guanidine groups is 1. The van der Waals surface area contributed by atoms with Gasteiger partial charge < -0.3 is 5.32 Å². The van der Waals surface area contributed by atoms with Crippen molar-refractivity contribution in [3.05, 3.63) is 28.8 Å². The SMILES string of the molecule is Cc1ccc(Cl)cc1NC(=NC1CCCC1)NN. The van der Waals surface area contributed by atoms with Gasteiger partial charge in [-0.3, -0.25) is 5.43 Å². The van der Waals surface area contributed by atoms with Gasteiger partial charge in [0.2, 0.25) is 5.96 Å². The number of nitrogens with one attached hydrogen (secondary N) is 2. The highest BCUT2D eigenvalue weighted by Gasteiger charge is 2.14. The number of hydrogen-bond donors (Lipinski definition) is 3. The summed E-state index contributed by atoms with van der Waals surface area (Å²) in [5.41, 5.74) is 4.65. The van der Waals surface area contributed by atoms with Crippen LogP contribution in [-0.2, 0) is 0 Å². The van der Waals surface area contributed by atoms with E-state index in [2.05, 4.69) is 15.7 Å². The molecular formula is C13H19ClN4. The Hall–Kier alpha value is -1.26. The molecule has 1 aromatic rings. The lowest BCUT2D eigenvalue weighted by Crippen LogP contribution is -2.37. The third kappa shape index (κ3) is 3.37. The summed E-state index contributed by atoms with van der Waals surface area (Å²) in [6.07, 6.45) is 4.78. The zero-order valence-electron chi connectivity index (χ0n) is 10.5. The highest BCUT2D eigenvalue weighted by atomic mass is 35.5. The first-order chi connectivity index (χ1) is 8.69. The van der Waals surface area contributed by atoms with Gasteiger partial charge in [0.1, 0.15) is 0 Å². The molecule has 0 spiro atoms. The van der Waals surface area contributed by atoms with Gasteiger partial charge in [0, 0.05) is 10.7 Å². The van der Waals surface area contributed by atoms with Crippen LogP contribution in [0.1, 0.15) is 31.2 Å². The number of anilines is 1. The molecule has 0 heterocycles. The predicted molar refractivity (Wildman–Crippen MR) is 76.8 cm³/mol. The summed E-state index contributed by atoms with van der Waals surface area (Å²) < 4.78 is 0. The van der Waals surface area contributed by atoms with Gasteiger partial charge in [0.25, 0.3) is 0 Å². The molecule has 0 atom stereocenters. The molecule has 0 aliphatic heterocycles. The summed E-state index contributed by atoms with van der Waals surface area (Å²) in [6, 6.07) is 6.08. The van der Waals surface area contributed by atoms with Crippen LogP contribution in [-0.4, -0.2) is 12.0 Å². The minimum Gasteiger partial charge on any atom is -0.325 e. The molecule has 0 bridgehead atoms. The number of aliphatic imine (C=N–C) groups is 1. The summed E-state index contributed by atoms with van der Waals surface area (Å²) in [5.74, 6) is 6.11. The molecule has 0 unspecified atom stereocenters. The molecule has 2 rings (SSSR count). The van der Waals surface area contributed by atoms with E-state index in [0.717, 1.165) is 24.1 Å². The van der Waals surface area contributed by atoms with E-state index in [9.17, 15) is 0 Å². The average Bonchev–Trinajstić information content (AvgIpc) is 2.85. The maximum absolute atomic E-state index is 5.98. The van der Waals surface area contributed by atoms with Crippen LogP contribution in [0.5, 0.6) is 0 Å². The zero-order valence-corrected chi connectivity index (χ0v) is 11.3. The van der Waals surface area contributed by atoms with Gasteiger partial charge in [0.05, 0.1) is 6.04 Å². The smallest absolute Gasteiger partial charge is 0.210 e. The summed E-state index contributed by atoms with van der Waals surface area (Å²) in [5, 5.41) is 3.89. The van der Waals surface area contributed by atoms with Gasteiger partial charge in [-0.25, -0.2) is 10.8 Å².